The summed E-state index contributed by atoms with van der Waals surface area (Å²) in [6.07, 6.45) is 3.15. The Labute approximate surface area is 117 Å². The first-order valence-corrected chi connectivity index (χ1v) is 6.53. The highest BCUT2D eigenvalue weighted by Crippen LogP contribution is 2.20. The molecule has 5 heteroatoms. The van der Waals surface area contributed by atoms with E-state index in [0.717, 1.165) is 11.3 Å². The van der Waals surface area contributed by atoms with E-state index in [4.69, 9.17) is 9.84 Å². The number of benzene rings is 1. The fourth-order valence-corrected chi connectivity index (χ4v) is 1.99. The van der Waals surface area contributed by atoms with Crippen LogP contribution in [0, 0.1) is 5.92 Å². The van der Waals surface area contributed by atoms with Crippen LogP contribution in [0.3, 0.4) is 0 Å². The molecule has 0 aromatic heterocycles. The van der Waals surface area contributed by atoms with E-state index in [2.05, 4.69) is 0 Å². The van der Waals surface area contributed by atoms with Crippen molar-refractivity contribution in [1.29, 1.82) is 0 Å². The van der Waals surface area contributed by atoms with E-state index in [1.54, 1.807) is 6.08 Å². The van der Waals surface area contributed by atoms with Crippen molar-refractivity contribution < 1.29 is 19.4 Å². The molecule has 1 saturated heterocycles. The van der Waals surface area contributed by atoms with E-state index < -0.39 is 11.9 Å². The van der Waals surface area contributed by atoms with Gasteiger partial charge in [-0.25, -0.2) is 0 Å². The lowest BCUT2D eigenvalue weighted by atomic mass is 10.0. The second-order valence-electron chi connectivity index (χ2n) is 4.58. The van der Waals surface area contributed by atoms with Crippen molar-refractivity contribution in [2.75, 3.05) is 19.7 Å². The second-order valence-corrected chi connectivity index (χ2v) is 4.58. The molecule has 1 aromatic rings. The number of hydrogen-bond donors (Lipinski definition) is 1. The average Bonchev–Trinajstić information content (AvgIpc) is 2.36. The third kappa shape index (κ3) is 3.17. The van der Waals surface area contributed by atoms with E-state index >= 15 is 0 Å². The van der Waals surface area contributed by atoms with Crippen LogP contribution in [0.4, 0.5) is 0 Å². The van der Waals surface area contributed by atoms with Crippen molar-refractivity contribution in [1.82, 2.24) is 4.90 Å². The van der Waals surface area contributed by atoms with Gasteiger partial charge >= 0.3 is 5.97 Å². The van der Waals surface area contributed by atoms with Crippen LogP contribution in [-0.4, -0.2) is 41.6 Å². The maximum absolute atomic E-state index is 11.8. The summed E-state index contributed by atoms with van der Waals surface area (Å²) in [5, 5.41) is 8.76. The SMILES string of the molecule is CCOc1ccccc1C=CC(=O)N1CC(C(=O)O)C1. The number of hydrogen-bond acceptors (Lipinski definition) is 3. The molecule has 0 spiro atoms. The molecule has 0 radical (unpaired) electrons. The highest BCUT2D eigenvalue weighted by molar-refractivity contribution is 5.93. The molecule has 2 rings (SSSR count). The Kier molecular flexibility index (Phi) is 4.40. The summed E-state index contributed by atoms with van der Waals surface area (Å²) < 4.78 is 5.46. The highest BCUT2D eigenvalue weighted by atomic mass is 16.5. The quantitative estimate of drug-likeness (QED) is 0.830. The van der Waals surface area contributed by atoms with E-state index in [1.807, 2.05) is 31.2 Å². The van der Waals surface area contributed by atoms with Gasteiger partial charge in [0.15, 0.2) is 0 Å². The first kappa shape index (κ1) is 14.1. The van der Waals surface area contributed by atoms with E-state index in [9.17, 15) is 9.59 Å². The largest absolute Gasteiger partial charge is 0.493 e. The number of likely N-dealkylation sites (tertiary alicyclic amines) is 1. The number of amides is 1. The molecule has 1 amide bonds. The maximum Gasteiger partial charge on any atom is 0.310 e. The molecule has 1 aliphatic rings. The first-order chi connectivity index (χ1) is 9.61. The smallest absolute Gasteiger partial charge is 0.310 e. The molecule has 1 fully saturated rings. The minimum absolute atomic E-state index is 0.172. The molecule has 1 N–H and O–H groups in total. The summed E-state index contributed by atoms with van der Waals surface area (Å²) in [5.41, 5.74) is 0.831. The Morgan fingerprint density at radius 3 is 2.75 bits per heavy atom. The number of carbonyl (C=O) groups is 2. The number of carbonyl (C=O) groups excluding carboxylic acids is 1. The van der Waals surface area contributed by atoms with Crippen LogP contribution in [-0.2, 0) is 9.59 Å². The summed E-state index contributed by atoms with van der Waals surface area (Å²) in [4.78, 5) is 24.0. The zero-order valence-electron chi connectivity index (χ0n) is 11.3. The predicted molar refractivity (Wildman–Crippen MR) is 74.4 cm³/mol. The Morgan fingerprint density at radius 1 is 1.40 bits per heavy atom. The number of carboxylic acid groups (broad SMARTS) is 1. The Balaban J connectivity index is 1.96. The van der Waals surface area contributed by atoms with Gasteiger partial charge in [-0.1, -0.05) is 18.2 Å². The van der Waals surface area contributed by atoms with Crippen LogP contribution in [0.25, 0.3) is 6.08 Å². The summed E-state index contributed by atoms with van der Waals surface area (Å²) in [5.74, 6) is -0.720. The maximum atomic E-state index is 11.8. The van der Waals surface area contributed by atoms with Gasteiger partial charge in [-0.2, -0.15) is 0 Å². The van der Waals surface area contributed by atoms with Gasteiger partial charge in [-0.05, 0) is 19.1 Å². The van der Waals surface area contributed by atoms with Gasteiger partial charge in [-0.15, -0.1) is 0 Å². The standard InChI is InChI=1S/C15H17NO4/c1-2-20-13-6-4-3-5-11(13)7-8-14(17)16-9-12(10-16)15(18)19/h3-8,12H,2,9-10H2,1H3,(H,18,19). The number of nitrogens with zero attached hydrogens (tertiary/aromatic N) is 1. The molecule has 5 nitrogen and oxygen atoms in total. The Morgan fingerprint density at radius 2 is 2.10 bits per heavy atom. The molecule has 1 aromatic carbocycles. The zero-order valence-corrected chi connectivity index (χ0v) is 11.3. The van der Waals surface area contributed by atoms with Crippen molar-refractivity contribution in [3.8, 4) is 5.75 Å². The number of carboxylic acids is 1. The van der Waals surface area contributed by atoms with Crippen LogP contribution in [0.5, 0.6) is 5.75 Å². The van der Waals surface area contributed by atoms with Gasteiger partial charge in [0.1, 0.15) is 5.75 Å². The lowest BCUT2D eigenvalue weighted by Gasteiger charge is -2.35. The van der Waals surface area contributed by atoms with Gasteiger partial charge in [0.05, 0.1) is 12.5 Å². The third-order valence-electron chi connectivity index (χ3n) is 3.17. The number of rotatable bonds is 5. The topological polar surface area (TPSA) is 66.8 Å². The minimum atomic E-state index is -0.847. The summed E-state index contributed by atoms with van der Waals surface area (Å²) in [7, 11) is 0. The molecular weight excluding hydrogens is 258 g/mol. The van der Waals surface area contributed by atoms with Gasteiger partial charge in [0, 0.05) is 24.7 Å². The molecule has 1 heterocycles. The molecule has 1 aliphatic heterocycles. The van der Waals surface area contributed by atoms with Crippen molar-refractivity contribution in [3.05, 3.63) is 35.9 Å². The number of aliphatic carboxylic acids is 1. The van der Waals surface area contributed by atoms with E-state index in [1.165, 1.54) is 11.0 Å². The fraction of sp³-hybridized carbons (Fsp3) is 0.333. The monoisotopic (exact) mass is 275 g/mol. The van der Waals surface area contributed by atoms with Crippen LogP contribution < -0.4 is 4.74 Å². The summed E-state index contributed by atoms with van der Waals surface area (Å²) in [6, 6.07) is 7.45. The number of ether oxygens (including phenoxy) is 1. The highest BCUT2D eigenvalue weighted by Gasteiger charge is 2.34. The van der Waals surface area contributed by atoms with Gasteiger partial charge in [0.2, 0.25) is 5.91 Å². The van der Waals surface area contributed by atoms with Crippen LogP contribution in [0.15, 0.2) is 30.3 Å². The van der Waals surface area contributed by atoms with Gasteiger partial charge in [-0.3, -0.25) is 9.59 Å². The zero-order chi connectivity index (χ0) is 14.5. The molecule has 0 atom stereocenters. The van der Waals surface area contributed by atoms with Gasteiger partial charge < -0.3 is 14.7 Å². The van der Waals surface area contributed by atoms with Crippen LogP contribution >= 0.6 is 0 Å². The fourth-order valence-electron chi connectivity index (χ4n) is 1.99. The average molecular weight is 275 g/mol. The Hall–Kier alpha value is -2.30. The molecule has 0 unspecified atom stereocenters. The molecule has 106 valence electrons. The molecular formula is C15H17NO4. The van der Waals surface area contributed by atoms with Gasteiger partial charge in [0.25, 0.3) is 0 Å². The molecule has 20 heavy (non-hydrogen) atoms. The first-order valence-electron chi connectivity index (χ1n) is 6.53. The van der Waals surface area contributed by atoms with Crippen LogP contribution in [0.1, 0.15) is 12.5 Å². The van der Waals surface area contributed by atoms with E-state index in [-0.39, 0.29) is 19.0 Å². The minimum Gasteiger partial charge on any atom is -0.493 e. The second kappa shape index (κ2) is 6.23. The lowest BCUT2D eigenvalue weighted by molar-refractivity contribution is -0.151. The third-order valence-corrected chi connectivity index (χ3v) is 3.17. The normalized spacial score (nSPS) is 15.2. The van der Waals surface area contributed by atoms with Crippen molar-refractivity contribution >= 4 is 18.0 Å². The lowest BCUT2D eigenvalue weighted by Crippen LogP contribution is -2.52. The predicted octanol–water partition coefficient (Wildman–Crippen LogP) is 1.64. The number of para-hydroxylation sites is 1. The molecule has 0 aliphatic carbocycles. The van der Waals surface area contributed by atoms with Crippen molar-refractivity contribution in [2.45, 2.75) is 6.92 Å². The summed E-state index contributed by atoms with van der Waals surface area (Å²) >= 11 is 0. The van der Waals surface area contributed by atoms with Crippen molar-refractivity contribution in [2.24, 2.45) is 5.92 Å². The molecule has 0 bridgehead atoms. The van der Waals surface area contributed by atoms with Crippen molar-refractivity contribution in [3.63, 3.8) is 0 Å². The van der Waals surface area contributed by atoms with E-state index in [0.29, 0.717) is 6.61 Å². The summed E-state index contributed by atoms with van der Waals surface area (Å²) in [6.45, 7) is 3.03. The van der Waals surface area contributed by atoms with Crippen LogP contribution in [0.2, 0.25) is 0 Å². The Bertz CT molecular complexity index is 532. The molecule has 0 saturated carbocycles.